The Morgan fingerprint density at radius 1 is 0.962 bits per heavy atom. The van der Waals surface area contributed by atoms with Crippen LogP contribution in [0.15, 0.2) is 42.5 Å². The number of carbonyl (C=O) groups excluding carboxylic acids is 2. The van der Waals surface area contributed by atoms with E-state index in [0.29, 0.717) is 30.8 Å². The van der Waals surface area contributed by atoms with Gasteiger partial charge in [0.15, 0.2) is 23.9 Å². The topological polar surface area (TPSA) is 61.8 Å². The Labute approximate surface area is 146 Å². The SMILES string of the molecule is O=C(COC(=O)c1cccc(C(F)(F)F)c1)c1ccc2c(c1)OCCO2. The summed E-state index contributed by atoms with van der Waals surface area (Å²) in [5.41, 5.74) is -1.01. The second kappa shape index (κ2) is 7.07. The van der Waals surface area contributed by atoms with E-state index in [4.69, 9.17) is 14.2 Å². The Bertz CT molecular complexity index is 845. The number of alkyl halides is 3. The van der Waals surface area contributed by atoms with Gasteiger partial charge in [-0.1, -0.05) is 6.07 Å². The second-order valence-corrected chi connectivity index (χ2v) is 5.44. The number of halogens is 3. The molecule has 0 saturated carbocycles. The molecule has 0 N–H and O–H groups in total. The molecule has 1 heterocycles. The summed E-state index contributed by atoms with van der Waals surface area (Å²) in [4.78, 5) is 24.0. The molecule has 0 atom stereocenters. The number of hydrogen-bond donors (Lipinski definition) is 0. The van der Waals surface area contributed by atoms with E-state index in [1.165, 1.54) is 18.2 Å². The predicted octanol–water partition coefficient (Wildman–Crippen LogP) is 3.52. The molecular formula is C18H13F3O5. The summed E-state index contributed by atoms with van der Waals surface area (Å²) in [6.45, 7) is 0.165. The Morgan fingerprint density at radius 3 is 2.42 bits per heavy atom. The van der Waals surface area contributed by atoms with Crippen molar-refractivity contribution in [1.29, 1.82) is 0 Å². The van der Waals surface area contributed by atoms with Gasteiger partial charge in [0.2, 0.25) is 0 Å². The van der Waals surface area contributed by atoms with E-state index in [9.17, 15) is 22.8 Å². The van der Waals surface area contributed by atoms with Crippen LogP contribution in [0, 0.1) is 0 Å². The first kappa shape index (κ1) is 17.8. The zero-order valence-corrected chi connectivity index (χ0v) is 13.3. The Kier molecular flexibility index (Phi) is 4.83. The maximum atomic E-state index is 12.7. The molecule has 0 saturated heterocycles. The highest BCUT2D eigenvalue weighted by Crippen LogP contribution is 2.31. The van der Waals surface area contributed by atoms with Crippen LogP contribution >= 0.6 is 0 Å². The number of esters is 1. The number of hydrogen-bond acceptors (Lipinski definition) is 5. The van der Waals surface area contributed by atoms with E-state index in [1.54, 1.807) is 6.07 Å². The molecule has 0 fully saturated rings. The fourth-order valence-electron chi connectivity index (χ4n) is 2.34. The first-order chi connectivity index (χ1) is 12.3. The van der Waals surface area contributed by atoms with Crippen LogP contribution in [0.4, 0.5) is 13.2 Å². The molecule has 8 heteroatoms. The normalized spacial score (nSPS) is 13.2. The summed E-state index contributed by atoms with van der Waals surface area (Å²) in [6, 6.07) is 8.33. The molecule has 1 aliphatic rings. The fraction of sp³-hybridized carbons (Fsp3) is 0.222. The number of fused-ring (bicyclic) bond motifs is 1. The standard InChI is InChI=1S/C18H13F3O5/c19-18(20,21)13-3-1-2-12(8-13)17(23)26-10-14(22)11-4-5-15-16(9-11)25-7-6-24-15/h1-5,8-9H,6-7,10H2. The average molecular weight is 366 g/mol. The van der Waals surface area contributed by atoms with Crippen LogP contribution in [-0.4, -0.2) is 31.6 Å². The average Bonchev–Trinajstić information content (AvgIpc) is 2.64. The van der Waals surface area contributed by atoms with E-state index < -0.39 is 30.1 Å². The molecular weight excluding hydrogens is 353 g/mol. The highest BCUT2D eigenvalue weighted by atomic mass is 19.4. The van der Waals surface area contributed by atoms with Gasteiger partial charge in [-0.3, -0.25) is 4.79 Å². The number of rotatable bonds is 4. The summed E-state index contributed by atoms with van der Waals surface area (Å²) < 4.78 is 53.6. The molecule has 26 heavy (non-hydrogen) atoms. The smallest absolute Gasteiger partial charge is 0.416 e. The van der Waals surface area contributed by atoms with Crippen molar-refractivity contribution in [3.05, 3.63) is 59.2 Å². The van der Waals surface area contributed by atoms with Gasteiger partial charge in [-0.05, 0) is 36.4 Å². The van der Waals surface area contributed by atoms with Gasteiger partial charge in [-0.25, -0.2) is 4.79 Å². The predicted molar refractivity (Wildman–Crippen MR) is 83.5 cm³/mol. The second-order valence-electron chi connectivity index (χ2n) is 5.44. The van der Waals surface area contributed by atoms with Crippen molar-refractivity contribution in [2.75, 3.05) is 19.8 Å². The lowest BCUT2D eigenvalue weighted by Crippen LogP contribution is -2.17. The molecule has 5 nitrogen and oxygen atoms in total. The zero-order chi connectivity index (χ0) is 18.7. The van der Waals surface area contributed by atoms with Crippen LogP contribution in [0.2, 0.25) is 0 Å². The van der Waals surface area contributed by atoms with E-state index in [1.807, 2.05) is 0 Å². The molecule has 0 aliphatic carbocycles. The lowest BCUT2D eigenvalue weighted by molar-refractivity contribution is -0.137. The van der Waals surface area contributed by atoms with Crippen molar-refractivity contribution < 1.29 is 37.0 Å². The van der Waals surface area contributed by atoms with Crippen molar-refractivity contribution in [3.8, 4) is 11.5 Å². The maximum absolute atomic E-state index is 12.7. The molecule has 0 unspecified atom stereocenters. The number of Topliss-reactive ketones (excluding diaryl/α,β-unsaturated/α-hetero) is 1. The van der Waals surface area contributed by atoms with Crippen molar-refractivity contribution in [2.45, 2.75) is 6.18 Å². The lowest BCUT2D eigenvalue weighted by atomic mass is 10.1. The van der Waals surface area contributed by atoms with Crippen LogP contribution in [0.1, 0.15) is 26.3 Å². The third kappa shape index (κ3) is 3.96. The van der Waals surface area contributed by atoms with Gasteiger partial charge in [-0.15, -0.1) is 0 Å². The molecule has 0 bridgehead atoms. The van der Waals surface area contributed by atoms with Crippen LogP contribution < -0.4 is 9.47 Å². The largest absolute Gasteiger partial charge is 0.486 e. The summed E-state index contributed by atoms with van der Waals surface area (Å²) in [5.74, 6) is -0.607. The van der Waals surface area contributed by atoms with Crippen LogP contribution in [-0.2, 0) is 10.9 Å². The molecule has 0 amide bonds. The summed E-state index contributed by atoms with van der Waals surface area (Å²) >= 11 is 0. The highest BCUT2D eigenvalue weighted by molar-refractivity contribution is 5.99. The number of ketones is 1. The Morgan fingerprint density at radius 2 is 1.69 bits per heavy atom. The Hall–Kier alpha value is -3.03. The summed E-state index contributed by atoms with van der Waals surface area (Å²) in [7, 11) is 0. The first-order valence-corrected chi connectivity index (χ1v) is 7.62. The van der Waals surface area contributed by atoms with Crippen LogP contribution in [0.3, 0.4) is 0 Å². The van der Waals surface area contributed by atoms with Gasteiger partial charge in [0.1, 0.15) is 13.2 Å². The maximum Gasteiger partial charge on any atom is 0.416 e. The fourth-order valence-corrected chi connectivity index (χ4v) is 2.34. The van der Waals surface area contributed by atoms with E-state index in [2.05, 4.69) is 0 Å². The van der Waals surface area contributed by atoms with Crippen molar-refractivity contribution in [2.24, 2.45) is 0 Å². The minimum Gasteiger partial charge on any atom is -0.486 e. The van der Waals surface area contributed by atoms with E-state index in [0.717, 1.165) is 12.1 Å². The number of ether oxygens (including phenoxy) is 3. The minimum absolute atomic E-state index is 0.242. The Balaban J connectivity index is 1.65. The van der Waals surface area contributed by atoms with Crippen LogP contribution in [0.25, 0.3) is 0 Å². The van der Waals surface area contributed by atoms with Gasteiger partial charge in [-0.2, -0.15) is 13.2 Å². The van der Waals surface area contributed by atoms with E-state index >= 15 is 0 Å². The van der Waals surface area contributed by atoms with Gasteiger partial charge in [0.25, 0.3) is 0 Å². The summed E-state index contributed by atoms with van der Waals surface area (Å²) in [5, 5.41) is 0. The lowest BCUT2D eigenvalue weighted by Gasteiger charge is -2.18. The van der Waals surface area contributed by atoms with Gasteiger partial charge in [0, 0.05) is 5.56 Å². The molecule has 2 aromatic carbocycles. The summed E-state index contributed by atoms with van der Waals surface area (Å²) in [6.07, 6.45) is -4.57. The highest BCUT2D eigenvalue weighted by Gasteiger charge is 2.31. The number of benzene rings is 2. The molecule has 1 aliphatic heterocycles. The molecule has 2 aromatic rings. The molecule has 0 spiro atoms. The molecule has 0 radical (unpaired) electrons. The monoisotopic (exact) mass is 366 g/mol. The van der Waals surface area contributed by atoms with E-state index in [-0.39, 0.29) is 11.1 Å². The molecule has 3 rings (SSSR count). The van der Waals surface area contributed by atoms with Crippen LogP contribution in [0.5, 0.6) is 11.5 Å². The van der Waals surface area contributed by atoms with Crippen molar-refractivity contribution in [3.63, 3.8) is 0 Å². The van der Waals surface area contributed by atoms with Gasteiger partial charge in [0.05, 0.1) is 11.1 Å². The first-order valence-electron chi connectivity index (χ1n) is 7.62. The van der Waals surface area contributed by atoms with Crippen molar-refractivity contribution >= 4 is 11.8 Å². The van der Waals surface area contributed by atoms with Gasteiger partial charge >= 0.3 is 12.1 Å². The number of carbonyl (C=O) groups is 2. The molecule has 136 valence electrons. The third-order valence-corrected chi connectivity index (χ3v) is 3.62. The molecule has 0 aromatic heterocycles. The van der Waals surface area contributed by atoms with Crippen molar-refractivity contribution in [1.82, 2.24) is 0 Å². The quantitative estimate of drug-likeness (QED) is 0.612. The van der Waals surface area contributed by atoms with Gasteiger partial charge < -0.3 is 14.2 Å². The minimum atomic E-state index is -4.57. The zero-order valence-electron chi connectivity index (χ0n) is 13.3. The third-order valence-electron chi connectivity index (χ3n) is 3.62.